The van der Waals surface area contributed by atoms with Crippen molar-refractivity contribution >= 4 is 43.3 Å². The number of carboxylic acids is 1. The molecule has 170 valence electrons. The first-order chi connectivity index (χ1) is 14.2. The number of nitrogens with one attached hydrogen (secondary N) is 1. The van der Waals surface area contributed by atoms with Gasteiger partial charge in [-0.25, -0.2) is 22.0 Å². The van der Waals surface area contributed by atoms with Gasteiger partial charge in [0.15, 0.2) is 0 Å². The summed E-state index contributed by atoms with van der Waals surface area (Å²) in [6.45, 7) is 0. The molecule has 4 N–H and O–H groups in total. The molecule has 0 saturated heterocycles. The highest BCUT2D eigenvalue weighted by Gasteiger charge is 2.48. The van der Waals surface area contributed by atoms with Gasteiger partial charge in [0.05, 0.1) is 17.0 Å². The van der Waals surface area contributed by atoms with E-state index in [9.17, 15) is 34.8 Å². The van der Waals surface area contributed by atoms with Gasteiger partial charge in [-0.05, 0) is 30.3 Å². The van der Waals surface area contributed by atoms with E-state index in [0.29, 0.717) is 6.07 Å². The summed E-state index contributed by atoms with van der Waals surface area (Å²) in [6, 6.07) is 9.66. The molecule has 0 fully saturated rings. The van der Waals surface area contributed by atoms with Crippen LogP contribution in [0.5, 0.6) is 0 Å². The van der Waals surface area contributed by atoms with Crippen molar-refractivity contribution in [3.05, 3.63) is 48.5 Å². The Labute approximate surface area is 180 Å². The zero-order valence-corrected chi connectivity index (χ0v) is 18.0. The third kappa shape index (κ3) is 6.59. The summed E-state index contributed by atoms with van der Waals surface area (Å²) in [6.07, 6.45) is -0.539. The van der Waals surface area contributed by atoms with Crippen LogP contribution in [0.4, 0.5) is 18.9 Å². The molecule has 1 unspecified atom stereocenters. The Morgan fingerprint density at radius 2 is 1.71 bits per heavy atom. The molecule has 14 heteroatoms. The van der Waals surface area contributed by atoms with Gasteiger partial charge in [-0.2, -0.15) is 13.2 Å². The minimum Gasteiger partial charge on any atom is -0.481 e. The van der Waals surface area contributed by atoms with Gasteiger partial charge >= 0.3 is 11.5 Å². The number of carboxylic acid groups (broad SMARTS) is 1. The Bertz CT molecular complexity index is 1150. The van der Waals surface area contributed by atoms with Crippen LogP contribution in [-0.4, -0.2) is 45.2 Å². The number of hydrogen-bond donors (Lipinski definition) is 3. The molecule has 0 aliphatic carbocycles. The highest BCUT2D eigenvalue weighted by atomic mass is 32.2. The zero-order chi connectivity index (χ0) is 23.4. The monoisotopic (exact) mass is 498 g/mol. The molecule has 0 saturated carbocycles. The normalized spacial score (nSPS) is 13.5. The number of halogens is 3. The average molecular weight is 499 g/mol. The van der Waals surface area contributed by atoms with Crippen LogP contribution in [0.3, 0.4) is 0 Å². The molecule has 0 spiro atoms. The summed E-state index contributed by atoms with van der Waals surface area (Å²) < 4.78 is 86.5. The number of primary sulfonamides is 1. The summed E-state index contributed by atoms with van der Waals surface area (Å²) in [5.74, 6) is -1.20. The molecule has 0 aliphatic rings. The van der Waals surface area contributed by atoms with Gasteiger partial charge < -0.3 is 10.4 Å². The fraction of sp³-hybridized carbons (Fsp3) is 0.235. The number of carbonyl (C=O) groups is 1. The number of benzene rings is 2. The number of alkyl halides is 3. The molecule has 1 atom stereocenters. The fourth-order valence-electron chi connectivity index (χ4n) is 2.44. The van der Waals surface area contributed by atoms with E-state index in [1.165, 1.54) is 11.8 Å². The lowest BCUT2D eigenvalue weighted by Gasteiger charge is -2.21. The molecular formula is C17H17F3N2O6S3. The van der Waals surface area contributed by atoms with Crippen molar-refractivity contribution in [3.8, 4) is 0 Å². The molecule has 2 aromatic carbocycles. The number of anilines is 1. The maximum atomic E-state index is 13.1. The number of sulfonamides is 1. The van der Waals surface area contributed by atoms with E-state index in [1.807, 2.05) is 0 Å². The molecule has 0 heterocycles. The molecule has 0 radical (unpaired) electrons. The predicted octanol–water partition coefficient (Wildman–Crippen LogP) is 2.68. The summed E-state index contributed by atoms with van der Waals surface area (Å²) in [4.78, 5) is 9.74. The summed E-state index contributed by atoms with van der Waals surface area (Å²) in [7, 11) is -10.5. The van der Waals surface area contributed by atoms with Crippen LogP contribution in [0, 0.1) is 0 Å². The molecule has 0 amide bonds. The van der Waals surface area contributed by atoms with Crippen molar-refractivity contribution in [3.63, 3.8) is 0 Å². The molecule has 0 aromatic heterocycles. The Morgan fingerprint density at radius 1 is 1.10 bits per heavy atom. The van der Waals surface area contributed by atoms with E-state index in [4.69, 9.17) is 10.2 Å². The Kier molecular flexibility index (Phi) is 7.62. The second kappa shape index (κ2) is 9.46. The zero-order valence-electron chi connectivity index (χ0n) is 15.5. The molecule has 2 aromatic rings. The van der Waals surface area contributed by atoms with Crippen LogP contribution >= 0.6 is 11.8 Å². The van der Waals surface area contributed by atoms with Gasteiger partial charge in [-0.3, -0.25) is 4.79 Å². The summed E-state index contributed by atoms with van der Waals surface area (Å²) in [5, 5.41) is 16.5. The lowest BCUT2D eigenvalue weighted by Crippen LogP contribution is -2.29. The van der Waals surface area contributed by atoms with Gasteiger partial charge in [-0.15, -0.1) is 11.8 Å². The van der Waals surface area contributed by atoms with Gasteiger partial charge in [0, 0.05) is 16.7 Å². The Hall–Kier alpha value is -2.29. The maximum Gasteiger partial charge on any atom is 0.501 e. The third-order valence-corrected chi connectivity index (χ3v) is 7.46. The van der Waals surface area contributed by atoms with Gasteiger partial charge in [0.25, 0.3) is 9.84 Å². The van der Waals surface area contributed by atoms with E-state index in [1.54, 1.807) is 30.3 Å². The van der Waals surface area contributed by atoms with Gasteiger partial charge in [0.1, 0.15) is 4.90 Å². The van der Waals surface area contributed by atoms with E-state index in [2.05, 4.69) is 5.32 Å². The smallest absolute Gasteiger partial charge is 0.481 e. The van der Waals surface area contributed by atoms with Gasteiger partial charge in [0.2, 0.25) is 10.0 Å². The van der Waals surface area contributed by atoms with Gasteiger partial charge in [-0.1, -0.05) is 18.2 Å². The van der Waals surface area contributed by atoms with E-state index >= 15 is 0 Å². The number of aliphatic carboxylic acids is 1. The van der Waals surface area contributed by atoms with E-state index in [0.717, 1.165) is 17.0 Å². The predicted molar refractivity (Wildman–Crippen MR) is 108 cm³/mol. The first-order valence-corrected chi connectivity index (χ1v) is 12.4. The number of hydrogen-bond acceptors (Lipinski definition) is 7. The number of sulfone groups is 1. The third-order valence-electron chi connectivity index (χ3n) is 3.85. The van der Waals surface area contributed by atoms with E-state index in [-0.39, 0.29) is 5.75 Å². The van der Waals surface area contributed by atoms with Crippen molar-refractivity contribution in [2.75, 3.05) is 11.1 Å². The molecule has 0 bridgehead atoms. The van der Waals surface area contributed by atoms with Crippen LogP contribution in [0.2, 0.25) is 0 Å². The number of nitrogens with two attached hydrogens (primary N) is 1. The topological polar surface area (TPSA) is 144 Å². The molecule has 2 rings (SSSR count). The van der Waals surface area contributed by atoms with Crippen LogP contribution < -0.4 is 10.5 Å². The highest BCUT2D eigenvalue weighted by molar-refractivity contribution is 7.99. The second-order valence-corrected chi connectivity index (χ2v) is 10.8. The lowest BCUT2D eigenvalue weighted by atomic mass is 10.2. The van der Waals surface area contributed by atoms with Crippen molar-refractivity contribution in [1.82, 2.24) is 0 Å². The largest absolute Gasteiger partial charge is 0.501 e. The Morgan fingerprint density at radius 3 is 2.23 bits per heavy atom. The minimum absolute atomic E-state index is 0.0682. The van der Waals surface area contributed by atoms with Crippen molar-refractivity contribution in [1.29, 1.82) is 0 Å². The maximum absolute atomic E-state index is 13.1. The lowest BCUT2D eigenvalue weighted by molar-refractivity contribution is -0.137. The van der Waals surface area contributed by atoms with Crippen LogP contribution in [0.1, 0.15) is 6.42 Å². The molecule has 0 aliphatic heterocycles. The van der Waals surface area contributed by atoms with Crippen LogP contribution in [0.25, 0.3) is 0 Å². The van der Waals surface area contributed by atoms with Crippen LogP contribution in [-0.2, 0) is 24.7 Å². The SMILES string of the molecule is NS(=O)(=O)c1ccc(NC(CSc2ccccc2)CC(=O)O)c(S(=O)(=O)C(F)(F)F)c1. The quantitative estimate of drug-likeness (QED) is 0.448. The first kappa shape index (κ1) is 25.0. The minimum atomic E-state index is -5.97. The fourth-order valence-corrected chi connectivity index (χ4v) is 4.95. The van der Waals surface area contributed by atoms with Crippen molar-refractivity contribution < 1.29 is 39.9 Å². The first-order valence-electron chi connectivity index (χ1n) is 8.36. The van der Waals surface area contributed by atoms with Crippen molar-refractivity contribution in [2.24, 2.45) is 5.14 Å². The highest BCUT2D eigenvalue weighted by Crippen LogP contribution is 2.36. The molecule has 8 nitrogen and oxygen atoms in total. The average Bonchev–Trinajstić information content (AvgIpc) is 2.65. The second-order valence-electron chi connectivity index (χ2n) is 6.22. The number of rotatable bonds is 9. The van der Waals surface area contributed by atoms with Crippen LogP contribution in [0.15, 0.2) is 63.2 Å². The molecular weight excluding hydrogens is 481 g/mol. The summed E-state index contributed by atoms with van der Waals surface area (Å²) in [5.41, 5.74) is -6.31. The standard InChI is InChI=1S/C17H17F3N2O6S3/c18-17(19,20)30(25,26)15-9-13(31(21,27)28)6-7-14(15)22-11(8-16(23)24)10-29-12-4-2-1-3-5-12/h1-7,9,11,22H,8,10H2,(H,23,24)(H2,21,27,28). The summed E-state index contributed by atoms with van der Waals surface area (Å²) >= 11 is 1.20. The number of thioether (sulfide) groups is 1. The van der Waals surface area contributed by atoms with E-state index < -0.39 is 59.3 Å². The molecule has 31 heavy (non-hydrogen) atoms. The van der Waals surface area contributed by atoms with Crippen molar-refractivity contribution in [2.45, 2.75) is 32.7 Å². The Balaban J connectivity index is 2.46.